The van der Waals surface area contributed by atoms with Crippen molar-refractivity contribution in [2.75, 3.05) is 11.9 Å². The Balaban J connectivity index is 3.24. The van der Waals surface area contributed by atoms with Crippen LogP contribution in [0, 0.1) is 0 Å². The van der Waals surface area contributed by atoms with Crippen LogP contribution in [0.25, 0.3) is 0 Å². The van der Waals surface area contributed by atoms with Gasteiger partial charge in [0.15, 0.2) is 5.84 Å². The van der Waals surface area contributed by atoms with Gasteiger partial charge >= 0.3 is 0 Å². The van der Waals surface area contributed by atoms with E-state index < -0.39 is 0 Å². The van der Waals surface area contributed by atoms with Crippen molar-refractivity contribution in [3.05, 3.63) is 28.2 Å². The minimum Gasteiger partial charge on any atom is -0.409 e. The van der Waals surface area contributed by atoms with Crippen LogP contribution in [0.2, 0.25) is 0 Å². The van der Waals surface area contributed by atoms with Crippen molar-refractivity contribution in [1.82, 2.24) is 0 Å². The highest BCUT2D eigenvalue weighted by atomic mass is 79.9. The van der Waals surface area contributed by atoms with Gasteiger partial charge in [0.05, 0.1) is 0 Å². The second-order valence-electron chi connectivity index (χ2n) is 4.23. The van der Waals surface area contributed by atoms with Crippen LogP contribution in [0.15, 0.2) is 27.8 Å². The number of hydrogen-bond acceptors (Lipinski definition) is 3. The molecule has 0 aliphatic rings. The summed E-state index contributed by atoms with van der Waals surface area (Å²) >= 11 is 3.46. The third kappa shape index (κ3) is 3.16. The summed E-state index contributed by atoms with van der Waals surface area (Å²) in [6.45, 7) is 4.32. The zero-order chi connectivity index (χ0) is 13.7. The molecule has 0 saturated heterocycles. The van der Waals surface area contributed by atoms with Crippen LogP contribution < -0.4 is 10.6 Å². The first kappa shape index (κ1) is 14.8. The second-order valence-corrected chi connectivity index (χ2v) is 5.14. The van der Waals surface area contributed by atoms with Gasteiger partial charge in [-0.25, -0.2) is 0 Å². The van der Waals surface area contributed by atoms with E-state index in [0.717, 1.165) is 28.6 Å². The molecule has 4 nitrogen and oxygen atoms in total. The quantitative estimate of drug-likeness (QED) is 0.380. The maximum Gasteiger partial charge on any atom is 0.172 e. The van der Waals surface area contributed by atoms with Gasteiger partial charge in [-0.1, -0.05) is 34.9 Å². The molecule has 0 spiro atoms. The highest BCUT2D eigenvalue weighted by Crippen LogP contribution is 2.27. The van der Waals surface area contributed by atoms with E-state index in [0.29, 0.717) is 6.04 Å². The minimum absolute atomic E-state index is 0.135. The summed E-state index contributed by atoms with van der Waals surface area (Å²) in [4.78, 5) is 2.18. The molecular weight excluding hydrogens is 294 g/mol. The zero-order valence-corrected chi connectivity index (χ0v) is 12.6. The standard InChI is InChI=1S/C13H20BrN3O/c1-4-10(5-2)17(3)12-8-9(14)6-7-11(12)13(15)16-18/h6-8,10,18H,4-5H2,1-3H3,(H2,15,16). The SMILES string of the molecule is CCC(CC)N(C)c1cc(Br)ccc1/C(N)=N/O. The van der Waals surface area contributed by atoms with Crippen LogP contribution in [0.5, 0.6) is 0 Å². The molecule has 0 heterocycles. The summed E-state index contributed by atoms with van der Waals surface area (Å²) in [5, 5.41) is 11.9. The fourth-order valence-electron chi connectivity index (χ4n) is 2.10. The van der Waals surface area contributed by atoms with E-state index in [4.69, 9.17) is 10.9 Å². The molecule has 0 radical (unpaired) electrons. The molecule has 0 aromatic heterocycles. The van der Waals surface area contributed by atoms with Crippen LogP contribution in [0.3, 0.4) is 0 Å². The Morgan fingerprint density at radius 3 is 2.56 bits per heavy atom. The van der Waals surface area contributed by atoms with Crippen molar-refractivity contribution in [1.29, 1.82) is 0 Å². The molecule has 18 heavy (non-hydrogen) atoms. The lowest BCUT2D eigenvalue weighted by Gasteiger charge is -2.30. The normalized spacial score (nSPS) is 11.9. The van der Waals surface area contributed by atoms with Crippen molar-refractivity contribution < 1.29 is 5.21 Å². The lowest BCUT2D eigenvalue weighted by molar-refractivity contribution is 0.318. The van der Waals surface area contributed by atoms with Crippen LogP contribution in [0.4, 0.5) is 5.69 Å². The number of nitrogens with two attached hydrogens (primary N) is 1. The number of anilines is 1. The van der Waals surface area contributed by atoms with Gasteiger partial charge in [0.1, 0.15) is 0 Å². The molecule has 3 N–H and O–H groups in total. The fourth-order valence-corrected chi connectivity index (χ4v) is 2.45. The smallest absolute Gasteiger partial charge is 0.172 e. The van der Waals surface area contributed by atoms with Gasteiger partial charge in [0.25, 0.3) is 0 Å². The molecule has 100 valence electrons. The van der Waals surface area contributed by atoms with Crippen molar-refractivity contribution in [3.63, 3.8) is 0 Å². The number of oxime groups is 1. The molecule has 0 aliphatic heterocycles. The van der Waals surface area contributed by atoms with E-state index in [1.165, 1.54) is 0 Å². The van der Waals surface area contributed by atoms with E-state index in [1.54, 1.807) is 0 Å². The van der Waals surface area contributed by atoms with Gasteiger partial charge in [-0.2, -0.15) is 0 Å². The average molecular weight is 314 g/mol. The fraction of sp³-hybridized carbons (Fsp3) is 0.462. The summed E-state index contributed by atoms with van der Waals surface area (Å²) in [6, 6.07) is 6.17. The van der Waals surface area contributed by atoms with E-state index in [1.807, 2.05) is 25.2 Å². The van der Waals surface area contributed by atoms with Gasteiger partial charge in [0, 0.05) is 28.8 Å². The van der Waals surface area contributed by atoms with Gasteiger partial charge in [0.2, 0.25) is 0 Å². The molecule has 0 unspecified atom stereocenters. The summed E-state index contributed by atoms with van der Waals surface area (Å²) < 4.78 is 0.977. The number of rotatable bonds is 5. The zero-order valence-electron chi connectivity index (χ0n) is 11.0. The molecule has 0 fully saturated rings. The Morgan fingerprint density at radius 2 is 2.06 bits per heavy atom. The monoisotopic (exact) mass is 313 g/mol. The molecule has 5 heteroatoms. The van der Waals surface area contributed by atoms with E-state index in [9.17, 15) is 0 Å². The minimum atomic E-state index is 0.135. The molecule has 1 aromatic carbocycles. The number of halogens is 1. The lowest BCUT2D eigenvalue weighted by Crippen LogP contribution is -2.32. The van der Waals surface area contributed by atoms with Gasteiger partial charge in [-0.3, -0.25) is 0 Å². The highest BCUT2D eigenvalue weighted by molar-refractivity contribution is 9.10. The summed E-state index contributed by atoms with van der Waals surface area (Å²) in [5.41, 5.74) is 7.44. The predicted octanol–water partition coefficient (Wildman–Crippen LogP) is 3.17. The Bertz CT molecular complexity index is 430. The van der Waals surface area contributed by atoms with Crippen LogP contribution in [-0.2, 0) is 0 Å². The Labute approximate surface area is 117 Å². The van der Waals surface area contributed by atoms with E-state index in [2.05, 4.69) is 39.8 Å². The Hall–Kier alpha value is -1.23. The second kappa shape index (κ2) is 6.64. The van der Waals surface area contributed by atoms with E-state index in [-0.39, 0.29) is 5.84 Å². The number of amidine groups is 1. The molecule has 0 saturated carbocycles. The lowest BCUT2D eigenvalue weighted by atomic mass is 10.1. The first-order valence-electron chi connectivity index (χ1n) is 6.05. The molecule has 1 aromatic rings. The number of hydrogen-bond donors (Lipinski definition) is 2. The van der Waals surface area contributed by atoms with Crippen molar-refractivity contribution in [2.24, 2.45) is 10.9 Å². The van der Waals surface area contributed by atoms with Crippen LogP contribution in [-0.4, -0.2) is 24.1 Å². The maximum atomic E-state index is 8.85. The topological polar surface area (TPSA) is 61.8 Å². The first-order valence-corrected chi connectivity index (χ1v) is 6.84. The summed E-state index contributed by atoms with van der Waals surface area (Å²) in [7, 11) is 2.04. The van der Waals surface area contributed by atoms with Crippen LogP contribution in [0.1, 0.15) is 32.3 Å². The predicted molar refractivity (Wildman–Crippen MR) is 79.4 cm³/mol. The van der Waals surface area contributed by atoms with Gasteiger partial charge < -0.3 is 15.8 Å². The van der Waals surface area contributed by atoms with E-state index >= 15 is 0 Å². The molecule has 0 bridgehead atoms. The largest absolute Gasteiger partial charge is 0.409 e. The van der Waals surface area contributed by atoms with Crippen molar-refractivity contribution in [2.45, 2.75) is 32.7 Å². The highest BCUT2D eigenvalue weighted by Gasteiger charge is 2.17. The molecular formula is C13H20BrN3O. The number of nitrogens with zero attached hydrogens (tertiary/aromatic N) is 2. The third-order valence-electron chi connectivity index (χ3n) is 3.21. The molecule has 0 atom stereocenters. The molecule has 0 amide bonds. The average Bonchev–Trinajstić information content (AvgIpc) is 2.39. The van der Waals surface area contributed by atoms with Crippen LogP contribution >= 0.6 is 15.9 Å². The van der Waals surface area contributed by atoms with Gasteiger partial charge in [-0.15, -0.1) is 0 Å². The third-order valence-corrected chi connectivity index (χ3v) is 3.71. The number of benzene rings is 1. The van der Waals surface area contributed by atoms with Crippen molar-refractivity contribution >= 4 is 27.5 Å². The Morgan fingerprint density at radius 1 is 1.44 bits per heavy atom. The van der Waals surface area contributed by atoms with Crippen molar-refractivity contribution in [3.8, 4) is 0 Å². The summed E-state index contributed by atoms with van der Waals surface area (Å²) in [6.07, 6.45) is 2.10. The van der Waals surface area contributed by atoms with Gasteiger partial charge in [-0.05, 0) is 31.0 Å². The molecule has 1 rings (SSSR count). The Kier molecular flexibility index (Phi) is 5.47. The molecule has 0 aliphatic carbocycles. The summed E-state index contributed by atoms with van der Waals surface area (Å²) in [5.74, 6) is 0.135. The first-order chi connectivity index (χ1) is 8.54. The maximum absolute atomic E-state index is 8.85.